The lowest BCUT2D eigenvalue weighted by Crippen LogP contribution is -2.09. The van der Waals surface area contributed by atoms with E-state index in [9.17, 15) is 0 Å². The third-order valence-corrected chi connectivity index (χ3v) is 4.58. The highest BCUT2D eigenvalue weighted by Gasteiger charge is 2.11. The lowest BCUT2D eigenvalue weighted by molar-refractivity contribution is 0.413. The van der Waals surface area contributed by atoms with Crippen molar-refractivity contribution in [1.82, 2.24) is 0 Å². The minimum atomic E-state index is 0.250. The van der Waals surface area contributed by atoms with Crippen molar-refractivity contribution in [3.8, 4) is 5.75 Å². The molecule has 1 unspecified atom stereocenters. The minimum absolute atomic E-state index is 0.250. The van der Waals surface area contributed by atoms with Crippen LogP contribution in [0.25, 0.3) is 0 Å². The highest BCUT2D eigenvalue weighted by atomic mass is 79.9. The van der Waals surface area contributed by atoms with Crippen LogP contribution in [0, 0.1) is 0 Å². The first kappa shape index (κ1) is 14.4. The van der Waals surface area contributed by atoms with E-state index in [0.29, 0.717) is 6.54 Å². The monoisotopic (exact) mass is 337 g/mol. The number of methoxy groups -OCH3 is 1. The highest BCUT2D eigenvalue weighted by molar-refractivity contribution is 9.10. The van der Waals surface area contributed by atoms with Crippen LogP contribution in [0.1, 0.15) is 10.8 Å². The molecule has 0 amide bonds. The molecule has 0 bridgehead atoms. The van der Waals surface area contributed by atoms with Gasteiger partial charge in [0.15, 0.2) is 0 Å². The average molecular weight is 338 g/mol. The van der Waals surface area contributed by atoms with Crippen molar-refractivity contribution in [3.63, 3.8) is 0 Å². The third-order valence-electron chi connectivity index (χ3n) is 2.78. The molecule has 1 atom stereocenters. The second-order valence-corrected chi connectivity index (χ2v) is 6.26. The lowest BCUT2D eigenvalue weighted by atomic mass is 10.1. The first-order chi connectivity index (χ1) is 9.22. The summed E-state index contributed by atoms with van der Waals surface area (Å²) in [6, 6.07) is 16.4. The van der Waals surface area contributed by atoms with Gasteiger partial charge in [-0.05, 0) is 35.9 Å². The van der Waals surface area contributed by atoms with Crippen molar-refractivity contribution in [1.29, 1.82) is 0 Å². The van der Waals surface area contributed by atoms with Crippen molar-refractivity contribution in [3.05, 3.63) is 58.6 Å². The number of benzene rings is 2. The highest BCUT2D eigenvalue weighted by Crippen LogP contribution is 2.36. The van der Waals surface area contributed by atoms with Crippen LogP contribution in [-0.4, -0.2) is 13.7 Å². The number of halogens is 1. The molecule has 4 heteroatoms. The van der Waals surface area contributed by atoms with Crippen LogP contribution >= 0.6 is 27.7 Å². The van der Waals surface area contributed by atoms with Gasteiger partial charge in [0.2, 0.25) is 0 Å². The fourth-order valence-corrected chi connectivity index (χ4v) is 3.09. The van der Waals surface area contributed by atoms with Crippen LogP contribution in [0.3, 0.4) is 0 Å². The number of hydrogen-bond donors (Lipinski definition) is 1. The van der Waals surface area contributed by atoms with Gasteiger partial charge in [-0.3, -0.25) is 0 Å². The summed E-state index contributed by atoms with van der Waals surface area (Å²) in [5, 5.41) is 0.250. The standard InChI is InChI=1S/C15H16BrNOS/c1-18-13-3-2-4-14(9-13)19-15(10-17)11-5-7-12(16)8-6-11/h2-9,15H,10,17H2,1H3. The van der Waals surface area contributed by atoms with E-state index in [1.54, 1.807) is 18.9 Å². The number of rotatable bonds is 5. The Morgan fingerprint density at radius 3 is 2.58 bits per heavy atom. The van der Waals surface area contributed by atoms with Gasteiger partial charge >= 0.3 is 0 Å². The summed E-state index contributed by atoms with van der Waals surface area (Å²) in [5.74, 6) is 0.872. The summed E-state index contributed by atoms with van der Waals surface area (Å²) in [4.78, 5) is 1.16. The maximum Gasteiger partial charge on any atom is 0.119 e. The Morgan fingerprint density at radius 2 is 1.95 bits per heavy atom. The Morgan fingerprint density at radius 1 is 1.21 bits per heavy atom. The van der Waals surface area contributed by atoms with Gasteiger partial charge in [0.25, 0.3) is 0 Å². The topological polar surface area (TPSA) is 35.2 Å². The molecule has 2 N–H and O–H groups in total. The molecular formula is C15H16BrNOS. The molecule has 2 aromatic rings. The van der Waals surface area contributed by atoms with Crippen LogP contribution in [0.4, 0.5) is 0 Å². The Hall–Kier alpha value is -0.970. The number of hydrogen-bond acceptors (Lipinski definition) is 3. The largest absolute Gasteiger partial charge is 0.497 e. The van der Waals surface area contributed by atoms with E-state index in [1.165, 1.54) is 5.56 Å². The summed E-state index contributed by atoms with van der Waals surface area (Å²) in [6.07, 6.45) is 0. The van der Waals surface area contributed by atoms with Crippen molar-refractivity contribution < 1.29 is 4.74 Å². The summed E-state index contributed by atoms with van der Waals surface area (Å²) in [6.45, 7) is 0.601. The smallest absolute Gasteiger partial charge is 0.119 e. The van der Waals surface area contributed by atoms with Gasteiger partial charge in [0, 0.05) is 21.2 Å². The zero-order valence-electron chi connectivity index (χ0n) is 10.7. The van der Waals surface area contributed by atoms with Crippen molar-refractivity contribution >= 4 is 27.7 Å². The van der Waals surface area contributed by atoms with E-state index >= 15 is 0 Å². The summed E-state index contributed by atoms with van der Waals surface area (Å²) < 4.78 is 6.32. The molecule has 0 saturated heterocycles. The second kappa shape index (κ2) is 6.98. The summed E-state index contributed by atoms with van der Waals surface area (Å²) >= 11 is 5.20. The Bertz CT molecular complexity index is 530. The molecule has 100 valence electrons. The fraction of sp³-hybridized carbons (Fsp3) is 0.200. The lowest BCUT2D eigenvalue weighted by Gasteiger charge is -2.15. The maximum atomic E-state index is 5.90. The van der Waals surface area contributed by atoms with Crippen LogP contribution in [0.15, 0.2) is 57.9 Å². The molecule has 0 aliphatic heterocycles. The Balaban J connectivity index is 2.16. The summed E-state index contributed by atoms with van der Waals surface area (Å²) in [5.41, 5.74) is 7.13. The minimum Gasteiger partial charge on any atom is -0.497 e. The van der Waals surface area contributed by atoms with Gasteiger partial charge in [-0.2, -0.15) is 0 Å². The van der Waals surface area contributed by atoms with Gasteiger partial charge < -0.3 is 10.5 Å². The van der Waals surface area contributed by atoms with Crippen LogP contribution in [-0.2, 0) is 0 Å². The van der Waals surface area contributed by atoms with Crippen molar-refractivity contribution in [2.45, 2.75) is 10.1 Å². The second-order valence-electron chi connectivity index (χ2n) is 4.07. The van der Waals surface area contributed by atoms with E-state index in [1.807, 2.05) is 30.3 Å². The Labute approximate surface area is 126 Å². The van der Waals surface area contributed by atoms with E-state index in [2.05, 4.69) is 34.1 Å². The van der Waals surface area contributed by atoms with E-state index in [4.69, 9.17) is 10.5 Å². The van der Waals surface area contributed by atoms with Gasteiger partial charge in [0.1, 0.15) is 5.75 Å². The van der Waals surface area contributed by atoms with Gasteiger partial charge in [-0.25, -0.2) is 0 Å². The molecule has 0 radical (unpaired) electrons. The molecule has 2 aromatic carbocycles. The normalized spacial score (nSPS) is 12.2. The van der Waals surface area contributed by atoms with Gasteiger partial charge in [-0.15, -0.1) is 11.8 Å². The third kappa shape index (κ3) is 4.00. The first-order valence-corrected chi connectivity index (χ1v) is 7.66. The first-order valence-electron chi connectivity index (χ1n) is 5.99. The number of ether oxygens (including phenoxy) is 1. The average Bonchev–Trinajstić information content (AvgIpc) is 2.46. The number of nitrogens with two attached hydrogens (primary N) is 1. The van der Waals surface area contributed by atoms with E-state index in [0.717, 1.165) is 15.1 Å². The molecule has 19 heavy (non-hydrogen) atoms. The molecular weight excluding hydrogens is 322 g/mol. The predicted octanol–water partition coefficient (Wildman–Crippen LogP) is 4.25. The number of thioether (sulfide) groups is 1. The quantitative estimate of drug-likeness (QED) is 0.828. The molecule has 0 fully saturated rings. The molecule has 0 aliphatic rings. The molecule has 2 nitrogen and oxygen atoms in total. The van der Waals surface area contributed by atoms with E-state index in [-0.39, 0.29) is 5.25 Å². The molecule has 2 rings (SSSR count). The molecule has 0 aliphatic carbocycles. The summed E-state index contributed by atoms with van der Waals surface area (Å²) in [7, 11) is 1.68. The van der Waals surface area contributed by atoms with Gasteiger partial charge in [0.05, 0.1) is 7.11 Å². The van der Waals surface area contributed by atoms with Crippen molar-refractivity contribution in [2.75, 3.05) is 13.7 Å². The van der Waals surface area contributed by atoms with Gasteiger partial charge in [-0.1, -0.05) is 34.1 Å². The molecule has 0 heterocycles. The molecule has 0 aromatic heterocycles. The maximum absolute atomic E-state index is 5.90. The zero-order chi connectivity index (χ0) is 13.7. The zero-order valence-corrected chi connectivity index (χ0v) is 13.1. The van der Waals surface area contributed by atoms with Crippen LogP contribution < -0.4 is 10.5 Å². The van der Waals surface area contributed by atoms with Crippen LogP contribution in [0.5, 0.6) is 5.75 Å². The predicted molar refractivity (Wildman–Crippen MR) is 84.8 cm³/mol. The molecule has 0 saturated carbocycles. The molecule has 0 spiro atoms. The fourth-order valence-electron chi connectivity index (χ4n) is 1.77. The SMILES string of the molecule is COc1cccc(SC(CN)c2ccc(Br)cc2)c1. The Kier molecular flexibility index (Phi) is 5.31. The van der Waals surface area contributed by atoms with E-state index < -0.39 is 0 Å². The van der Waals surface area contributed by atoms with Crippen LogP contribution in [0.2, 0.25) is 0 Å². The van der Waals surface area contributed by atoms with Crippen molar-refractivity contribution in [2.24, 2.45) is 5.73 Å².